The molecule has 3 aromatic heterocycles. The number of fused-ring (bicyclic) bond motifs is 8. The molecule has 252 valence electrons. The van der Waals surface area contributed by atoms with Crippen molar-refractivity contribution in [3.8, 4) is 56.4 Å². The molecule has 3 heterocycles. The van der Waals surface area contributed by atoms with Gasteiger partial charge in [-0.25, -0.2) is 15.0 Å². The number of nitrogens with zero attached hydrogens (tertiary/aromatic N) is 3. The van der Waals surface area contributed by atoms with E-state index in [1.54, 1.807) is 0 Å². The Hall–Kier alpha value is -7.37. The maximum absolute atomic E-state index is 6.57. The molecule has 8 aromatic carbocycles. The van der Waals surface area contributed by atoms with E-state index in [9.17, 15) is 0 Å². The molecule has 0 amide bonds. The largest absolute Gasteiger partial charge is 0.456 e. The predicted molar refractivity (Wildman–Crippen MR) is 219 cm³/mol. The van der Waals surface area contributed by atoms with Gasteiger partial charge < -0.3 is 8.83 Å². The van der Waals surface area contributed by atoms with Crippen molar-refractivity contribution in [3.63, 3.8) is 0 Å². The van der Waals surface area contributed by atoms with Gasteiger partial charge >= 0.3 is 0 Å². The van der Waals surface area contributed by atoms with Crippen LogP contribution in [-0.4, -0.2) is 15.0 Å². The highest BCUT2D eigenvalue weighted by atomic mass is 16.3. The van der Waals surface area contributed by atoms with Gasteiger partial charge in [0.15, 0.2) is 17.5 Å². The van der Waals surface area contributed by atoms with Crippen molar-refractivity contribution < 1.29 is 8.83 Å². The Balaban J connectivity index is 1.08. The first-order valence-corrected chi connectivity index (χ1v) is 18.0. The number of aromatic nitrogens is 3. The number of hydrogen-bond donors (Lipinski definition) is 0. The van der Waals surface area contributed by atoms with Gasteiger partial charge in [-0.2, -0.15) is 0 Å². The van der Waals surface area contributed by atoms with Gasteiger partial charge in [-0.15, -0.1) is 0 Å². The number of benzene rings is 8. The minimum atomic E-state index is 0.592. The summed E-state index contributed by atoms with van der Waals surface area (Å²) in [6.45, 7) is 0. The van der Waals surface area contributed by atoms with Crippen LogP contribution in [-0.2, 0) is 0 Å². The highest BCUT2D eigenvalue weighted by Crippen LogP contribution is 2.41. The second-order valence-electron chi connectivity index (χ2n) is 13.6. The molecular formula is C49H29N3O2. The fourth-order valence-electron chi connectivity index (χ4n) is 7.77. The summed E-state index contributed by atoms with van der Waals surface area (Å²) in [6, 6.07) is 60.4. The van der Waals surface area contributed by atoms with Crippen LogP contribution < -0.4 is 0 Å². The fraction of sp³-hybridized carbons (Fsp3) is 0. The van der Waals surface area contributed by atoms with Crippen LogP contribution in [0.2, 0.25) is 0 Å². The molecule has 5 nitrogen and oxygen atoms in total. The van der Waals surface area contributed by atoms with Crippen LogP contribution in [0.5, 0.6) is 0 Å². The Kier molecular flexibility index (Phi) is 6.79. The zero-order chi connectivity index (χ0) is 35.6. The average Bonchev–Trinajstić information content (AvgIpc) is 3.82. The summed E-state index contributed by atoms with van der Waals surface area (Å²) >= 11 is 0. The SMILES string of the molecule is c1ccc(-c2nc(-c3cccc(-c4ccc5oc6c7ccccc7c(-c7ccccc7)cc6c5c4)c3)nc(-c3cccc4oc5ccccc5c34)n2)cc1. The molecule has 0 bridgehead atoms. The first-order chi connectivity index (χ1) is 26.7. The van der Waals surface area contributed by atoms with Crippen LogP contribution in [0, 0.1) is 0 Å². The van der Waals surface area contributed by atoms with E-state index in [0.29, 0.717) is 17.5 Å². The lowest BCUT2D eigenvalue weighted by Gasteiger charge is -2.10. The smallest absolute Gasteiger partial charge is 0.164 e. The van der Waals surface area contributed by atoms with E-state index < -0.39 is 0 Å². The minimum Gasteiger partial charge on any atom is -0.456 e. The van der Waals surface area contributed by atoms with Crippen LogP contribution in [0.4, 0.5) is 0 Å². The topological polar surface area (TPSA) is 65.0 Å². The summed E-state index contributed by atoms with van der Waals surface area (Å²) in [5.41, 5.74) is 10.6. The van der Waals surface area contributed by atoms with E-state index in [4.69, 9.17) is 23.8 Å². The summed E-state index contributed by atoms with van der Waals surface area (Å²) in [6.07, 6.45) is 0. The molecule has 0 saturated carbocycles. The maximum atomic E-state index is 6.57. The summed E-state index contributed by atoms with van der Waals surface area (Å²) in [7, 11) is 0. The summed E-state index contributed by atoms with van der Waals surface area (Å²) in [4.78, 5) is 15.2. The van der Waals surface area contributed by atoms with Gasteiger partial charge in [-0.1, -0.05) is 140 Å². The van der Waals surface area contributed by atoms with E-state index in [2.05, 4.69) is 115 Å². The summed E-state index contributed by atoms with van der Waals surface area (Å²) in [5, 5.41) is 6.46. The van der Waals surface area contributed by atoms with Crippen molar-refractivity contribution in [2.75, 3.05) is 0 Å². The van der Waals surface area contributed by atoms with Crippen LogP contribution in [0.3, 0.4) is 0 Å². The molecule has 54 heavy (non-hydrogen) atoms. The van der Waals surface area contributed by atoms with Crippen molar-refractivity contribution in [1.29, 1.82) is 0 Å². The molecule has 11 rings (SSSR count). The highest BCUT2D eigenvalue weighted by Gasteiger charge is 2.19. The Bertz CT molecular complexity index is 3220. The molecule has 0 aliphatic carbocycles. The van der Waals surface area contributed by atoms with Crippen LogP contribution >= 0.6 is 0 Å². The summed E-state index contributed by atoms with van der Waals surface area (Å²) in [5.74, 6) is 1.80. The first kappa shape index (κ1) is 30.3. The molecule has 0 atom stereocenters. The van der Waals surface area contributed by atoms with Gasteiger partial charge in [0.25, 0.3) is 0 Å². The molecule has 5 heteroatoms. The standard InChI is InChI=1S/C49H29N3O2/c1-3-13-30(14-4-1)39-29-41-40-28-33(25-26-43(40)54-46(41)36-20-8-7-19-35(36)39)32-17-11-18-34(27-32)48-50-47(31-15-5-2-6-16-31)51-49(52-48)38-22-12-24-44-45(38)37-21-9-10-23-42(37)53-44/h1-29H. The molecular weight excluding hydrogens is 663 g/mol. The normalized spacial score (nSPS) is 11.7. The number of para-hydroxylation sites is 1. The zero-order valence-corrected chi connectivity index (χ0v) is 28.9. The van der Waals surface area contributed by atoms with Crippen LogP contribution in [0.25, 0.3) is 111 Å². The lowest BCUT2D eigenvalue weighted by molar-refractivity contribution is 0.669. The number of furan rings is 2. The molecule has 0 spiro atoms. The molecule has 0 radical (unpaired) electrons. The van der Waals surface area contributed by atoms with Crippen molar-refractivity contribution in [1.82, 2.24) is 15.0 Å². The van der Waals surface area contributed by atoms with Crippen molar-refractivity contribution in [3.05, 3.63) is 176 Å². The van der Waals surface area contributed by atoms with E-state index >= 15 is 0 Å². The lowest BCUT2D eigenvalue weighted by Crippen LogP contribution is -2.00. The van der Waals surface area contributed by atoms with Crippen LogP contribution in [0.1, 0.15) is 0 Å². The van der Waals surface area contributed by atoms with E-state index in [-0.39, 0.29) is 0 Å². The first-order valence-electron chi connectivity index (χ1n) is 18.0. The van der Waals surface area contributed by atoms with Gasteiger partial charge in [0.1, 0.15) is 22.3 Å². The molecule has 0 aliphatic rings. The molecule has 0 aliphatic heterocycles. The average molecular weight is 692 g/mol. The molecule has 0 fully saturated rings. The summed E-state index contributed by atoms with van der Waals surface area (Å²) < 4.78 is 12.8. The Labute approximate surface area is 309 Å². The van der Waals surface area contributed by atoms with Crippen molar-refractivity contribution in [2.45, 2.75) is 0 Å². The van der Waals surface area contributed by atoms with Gasteiger partial charge in [-0.3, -0.25) is 0 Å². The van der Waals surface area contributed by atoms with Gasteiger partial charge in [-0.05, 0) is 64.0 Å². The molecule has 11 aromatic rings. The Morgan fingerprint density at radius 3 is 1.72 bits per heavy atom. The monoisotopic (exact) mass is 691 g/mol. The van der Waals surface area contributed by atoms with Crippen molar-refractivity contribution >= 4 is 54.6 Å². The third-order valence-corrected chi connectivity index (χ3v) is 10.3. The fourth-order valence-corrected chi connectivity index (χ4v) is 7.77. The van der Waals surface area contributed by atoms with Gasteiger partial charge in [0.05, 0.1) is 0 Å². The minimum absolute atomic E-state index is 0.592. The third-order valence-electron chi connectivity index (χ3n) is 10.3. The number of hydrogen-bond acceptors (Lipinski definition) is 5. The quantitative estimate of drug-likeness (QED) is 0.180. The molecule has 0 N–H and O–H groups in total. The lowest BCUT2D eigenvalue weighted by atomic mass is 9.94. The maximum Gasteiger partial charge on any atom is 0.164 e. The predicted octanol–water partition coefficient (Wildman–Crippen LogP) is 13.2. The van der Waals surface area contributed by atoms with Gasteiger partial charge in [0.2, 0.25) is 0 Å². The highest BCUT2D eigenvalue weighted by molar-refractivity contribution is 6.19. The van der Waals surface area contributed by atoms with E-state index in [1.165, 1.54) is 16.5 Å². The van der Waals surface area contributed by atoms with E-state index in [0.717, 1.165) is 77.1 Å². The van der Waals surface area contributed by atoms with Crippen molar-refractivity contribution in [2.24, 2.45) is 0 Å². The second kappa shape index (κ2) is 12.1. The second-order valence-corrected chi connectivity index (χ2v) is 13.6. The Morgan fingerprint density at radius 1 is 0.296 bits per heavy atom. The zero-order valence-electron chi connectivity index (χ0n) is 28.9. The molecule has 0 unspecified atom stereocenters. The third kappa shape index (κ3) is 4.90. The van der Waals surface area contributed by atoms with E-state index in [1.807, 2.05) is 60.7 Å². The van der Waals surface area contributed by atoms with Gasteiger partial charge in [0, 0.05) is 43.6 Å². The Morgan fingerprint density at radius 2 is 0.889 bits per heavy atom. The number of rotatable bonds is 5. The molecule has 0 saturated heterocycles. The van der Waals surface area contributed by atoms with Crippen LogP contribution in [0.15, 0.2) is 185 Å².